The van der Waals surface area contributed by atoms with Gasteiger partial charge in [-0.05, 0) is 6.92 Å². The van der Waals surface area contributed by atoms with E-state index in [2.05, 4.69) is 15.3 Å². The highest BCUT2D eigenvalue weighted by Crippen LogP contribution is 2.15. The molecule has 1 unspecified atom stereocenters. The Labute approximate surface area is 74.0 Å². The lowest BCUT2D eigenvalue weighted by Crippen LogP contribution is -2.46. The van der Waals surface area contributed by atoms with Gasteiger partial charge in [-0.15, -0.1) is 0 Å². The molecule has 0 aromatic carbocycles. The van der Waals surface area contributed by atoms with Crippen LogP contribution in [-0.4, -0.2) is 27.5 Å². The minimum Gasteiger partial charge on any atom is -0.479 e. The summed E-state index contributed by atoms with van der Waals surface area (Å²) < 4.78 is 0. The van der Waals surface area contributed by atoms with Gasteiger partial charge in [0.05, 0.1) is 0 Å². The van der Waals surface area contributed by atoms with Crippen molar-refractivity contribution in [1.82, 2.24) is 15.3 Å². The van der Waals surface area contributed by atoms with Gasteiger partial charge in [-0.1, -0.05) is 0 Å². The number of aromatic nitrogens is 2. The van der Waals surface area contributed by atoms with Crippen LogP contribution in [-0.2, 0) is 15.1 Å². The van der Waals surface area contributed by atoms with Crippen molar-refractivity contribution in [3.8, 4) is 0 Å². The van der Waals surface area contributed by atoms with Gasteiger partial charge in [-0.3, -0.25) is 4.79 Å². The molecular weight excluding hydrogens is 174 g/mol. The van der Waals surface area contributed by atoms with E-state index in [-0.39, 0.29) is 5.82 Å². The first-order valence-corrected chi connectivity index (χ1v) is 3.56. The zero-order valence-electron chi connectivity index (χ0n) is 6.94. The van der Waals surface area contributed by atoms with Gasteiger partial charge >= 0.3 is 5.97 Å². The van der Waals surface area contributed by atoms with Crippen LogP contribution in [0.3, 0.4) is 0 Å². The van der Waals surface area contributed by atoms with Crippen LogP contribution in [0, 0.1) is 0 Å². The molecule has 1 heterocycles. The number of carbonyl (C=O) groups excluding carboxylic acids is 1. The molecule has 0 bridgehead atoms. The molecular formula is C7H9N3O3. The smallest absolute Gasteiger partial charge is 0.337 e. The molecule has 1 rings (SSSR count). The van der Waals surface area contributed by atoms with Gasteiger partial charge in [-0.25, -0.2) is 9.78 Å². The van der Waals surface area contributed by atoms with Gasteiger partial charge in [0.25, 0.3) is 0 Å². The second-order valence-corrected chi connectivity index (χ2v) is 2.63. The lowest BCUT2D eigenvalue weighted by Gasteiger charge is -2.20. The molecule has 0 radical (unpaired) electrons. The van der Waals surface area contributed by atoms with Crippen LogP contribution in [0.4, 0.5) is 0 Å². The van der Waals surface area contributed by atoms with Crippen LogP contribution in [0.2, 0.25) is 0 Å². The summed E-state index contributed by atoms with van der Waals surface area (Å²) in [6, 6.07) is 0. The molecule has 1 aromatic rings. The molecule has 1 aromatic heterocycles. The third-order valence-electron chi connectivity index (χ3n) is 1.75. The molecule has 1 atom stereocenters. The van der Waals surface area contributed by atoms with Crippen molar-refractivity contribution in [2.45, 2.75) is 12.5 Å². The second-order valence-electron chi connectivity index (χ2n) is 2.63. The third kappa shape index (κ3) is 1.51. The van der Waals surface area contributed by atoms with E-state index in [0.29, 0.717) is 6.41 Å². The Hall–Kier alpha value is -1.85. The molecule has 3 N–H and O–H groups in total. The predicted octanol–water partition coefficient (Wildman–Crippen LogP) is -0.545. The van der Waals surface area contributed by atoms with Gasteiger partial charge in [-0.2, -0.15) is 0 Å². The van der Waals surface area contributed by atoms with E-state index in [0.717, 1.165) is 0 Å². The highest BCUT2D eigenvalue weighted by atomic mass is 16.4. The van der Waals surface area contributed by atoms with Gasteiger partial charge in [0.1, 0.15) is 5.82 Å². The number of aliphatic carboxylic acids is 1. The number of hydrogen-bond acceptors (Lipinski definition) is 3. The molecule has 0 aliphatic carbocycles. The number of nitrogens with one attached hydrogen (secondary N) is 2. The van der Waals surface area contributed by atoms with Crippen molar-refractivity contribution in [3.63, 3.8) is 0 Å². The van der Waals surface area contributed by atoms with E-state index in [1.54, 1.807) is 0 Å². The fourth-order valence-electron chi connectivity index (χ4n) is 0.888. The van der Waals surface area contributed by atoms with Gasteiger partial charge in [0, 0.05) is 12.4 Å². The number of rotatable bonds is 4. The molecule has 0 aliphatic rings. The third-order valence-corrected chi connectivity index (χ3v) is 1.75. The van der Waals surface area contributed by atoms with Gasteiger partial charge in [0.15, 0.2) is 5.54 Å². The number of carbonyl (C=O) groups is 2. The Morgan fingerprint density at radius 3 is 2.92 bits per heavy atom. The van der Waals surface area contributed by atoms with Gasteiger partial charge < -0.3 is 15.4 Å². The van der Waals surface area contributed by atoms with Crippen molar-refractivity contribution in [1.29, 1.82) is 0 Å². The Morgan fingerprint density at radius 1 is 1.85 bits per heavy atom. The number of imidazole rings is 1. The number of amides is 1. The zero-order chi connectivity index (χ0) is 9.90. The maximum absolute atomic E-state index is 10.8. The van der Waals surface area contributed by atoms with E-state index in [9.17, 15) is 9.59 Å². The lowest BCUT2D eigenvalue weighted by atomic mass is 10.0. The summed E-state index contributed by atoms with van der Waals surface area (Å²) in [6.07, 6.45) is 3.24. The first-order chi connectivity index (χ1) is 6.11. The first kappa shape index (κ1) is 9.24. The Kier molecular flexibility index (Phi) is 2.32. The number of H-pyrrole nitrogens is 1. The summed E-state index contributed by atoms with van der Waals surface area (Å²) in [4.78, 5) is 27.4. The summed E-state index contributed by atoms with van der Waals surface area (Å²) >= 11 is 0. The van der Waals surface area contributed by atoms with Crippen LogP contribution < -0.4 is 5.32 Å². The zero-order valence-corrected chi connectivity index (χ0v) is 6.94. The minimum absolute atomic E-state index is 0.187. The fourth-order valence-corrected chi connectivity index (χ4v) is 0.888. The Balaban J connectivity index is 3.05. The fraction of sp³-hybridized carbons (Fsp3) is 0.286. The molecule has 6 nitrogen and oxygen atoms in total. The number of nitrogens with zero attached hydrogens (tertiary/aromatic N) is 1. The normalized spacial score (nSPS) is 14.5. The quantitative estimate of drug-likeness (QED) is 0.546. The standard InChI is InChI=1S/C7H9N3O3/c1-7(6(12)13,10-4-11)5-8-2-3-9-5/h2-4H,1H3,(H,8,9)(H,10,11)(H,12,13). The predicted molar refractivity (Wildman–Crippen MR) is 42.8 cm³/mol. The number of hydrogen-bond donors (Lipinski definition) is 3. The summed E-state index contributed by atoms with van der Waals surface area (Å²) in [5.74, 6) is -0.985. The van der Waals surface area contributed by atoms with E-state index in [4.69, 9.17) is 5.11 Å². The topological polar surface area (TPSA) is 95.1 Å². The van der Waals surface area contributed by atoms with Crippen LogP contribution in [0.15, 0.2) is 12.4 Å². The molecule has 0 saturated heterocycles. The van der Waals surface area contributed by atoms with E-state index < -0.39 is 11.5 Å². The van der Waals surface area contributed by atoms with Crippen molar-refractivity contribution >= 4 is 12.4 Å². The SMILES string of the molecule is CC(NC=O)(C(=O)O)c1ncc[nH]1. The van der Waals surface area contributed by atoms with E-state index in [1.165, 1.54) is 19.3 Å². The molecule has 1 amide bonds. The molecule has 0 aliphatic heterocycles. The average molecular weight is 183 g/mol. The highest BCUT2D eigenvalue weighted by Gasteiger charge is 2.37. The summed E-state index contributed by atoms with van der Waals surface area (Å²) in [6.45, 7) is 1.35. The van der Waals surface area contributed by atoms with Crippen molar-refractivity contribution < 1.29 is 14.7 Å². The average Bonchev–Trinajstić information content (AvgIpc) is 2.56. The van der Waals surface area contributed by atoms with Crippen molar-refractivity contribution in [2.24, 2.45) is 0 Å². The molecule has 70 valence electrons. The monoisotopic (exact) mass is 183 g/mol. The number of carboxylic acids is 1. The lowest BCUT2D eigenvalue weighted by molar-refractivity contribution is -0.146. The summed E-state index contributed by atoms with van der Waals surface area (Å²) in [5, 5.41) is 11.0. The van der Waals surface area contributed by atoms with Crippen molar-refractivity contribution in [2.75, 3.05) is 0 Å². The molecule has 0 saturated carbocycles. The first-order valence-electron chi connectivity index (χ1n) is 3.56. The minimum atomic E-state index is -1.49. The van der Waals surface area contributed by atoms with Crippen LogP contribution in [0.25, 0.3) is 0 Å². The van der Waals surface area contributed by atoms with Crippen LogP contribution in [0.5, 0.6) is 0 Å². The largest absolute Gasteiger partial charge is 0.479 e. The van der Waals surface area contributed by atoms with Gasteiger partial charge in [0.2, 0.25) is 6.41 Å². The second kappa shape index (κ2) is 3.26. The maximum atomic E-state index is 10.8. The Bertz CT molecular complexity index is 309. The molecule has 13 heavy (non-hydrogen) atoms. The summed E-state index contributed by atoms with van der Waals surface area (Å²) in [7, 11) is 0. The Morgan fingerprint density at radius 2 is 2.54 bits per heavy atom. The number of carboxylic acid groups (broad SMARTS) is 1. The van der Waals surface area contributed by atoms with Crippen LogP contribution in [0.1, 0.15) is 12.7 Å². The van der Waals surface area contributed by atoms with E-state index >= 15 is 0 Å². The molecule has 0 spiro atoms. The van der Waals surface area contributed by atoms with E-state index in [1.807, 2.05) is 0 Å². The highest BCUT2D eigenvalue weighted by molar-refractivity contribution is 5.81. The van der Waals surface area contributed by atoms with Crippen molar-refractivity contribution in [3.05, 3.63) is 18.2 Å². The number of aromatic amines is 1. The molecule has 6 heteroatoms. The summed E-state index contributed by atoms with van der Waals surface area (Å²) in [5.41, 5.74) is -1.49. The molecule has 0 fully saturated rings. The maximum Gasteiger partial charge on any atom is 0.337 e. The van der Waals surface area contributed by atoms with Crippen LogP contribution >= 0.6 is 0 Å².